The number of primary amides is 1. The summed E-state index contributed by atoms with van der Waals surface area (Å²) in [5.74, 6) is -0.559. The fourth-order valence-corrected chi connectivity index (χ4v) is 0.498. The number of nitrogens with two attached hydrogens (primary N) is 1. The van der Waals surface area contributed by atoms with Crippen molar-refractivity contribution < 1.29 is 23.9 Å². The van der Waals surface area contributed by atoms with Crippen molar-refractivity contribution in [3.63, 3.8) is 0 Å². The van der Waals surface area contributed by atoms with E-state index >= 15 is 0 Å². The molecule has 0 heterocycles. The number of rotatable bonds is 4. The Morgan fingerprint density at radius 2 is 2.06 bits per heavy atom. The van der Waals surface area contributed by atoms with Crippen molar-refractivity contribution in [2.45, 2.75) is 27.0 Å². The van der Waals surface area contributed by atoms with Gasteiger partial charge in [0.2, 0.25) is 12.3 Å². The molecule has 1 atom stereocenters. The van der Waals surface area contributed by atoms with Crippen molar-refractivity contribution >= 4 is 18.1 Å². The number of amides is 1. The third kappa shape index (κ3) is 13.9. The van der Waals surface area contributed by atoms with Crippen molar-refractivity contribution in [1.29, 1.82) is 0 Å². The molecular formula is C10H16N2O5. The van der Waals surface area contributed by atoms with Crippen molar-refractivity contribution in [3.05, 3.63) is 12.2 Å². The monoisotopic (exact) mass is 244 g/mol. The zero-order chi connectivity index (χ0) is 13.8. The Kier molecular flexibility index (Phi) is 10.5. The molecule has 17 heavy (non-hydrogen) atoms. The standard InChI is InChI=1S/C7H9NO3.C3H7NO2/c1-5(2)7(10)11-6(3)8-4-9;1-2-6-3(4)5/h6H,1H2,2-3H3;2H2,1H3,(H2,4,5). The molecule has 0 aromatic heterocycles. The van der Waals surface area contributed by atoms with Gasteiger partial charge in [0.05, 0.1) is 6.61 Å². The lowest BCUT2D eigenvalue weighted by atomic mass is 10.4. The smallest absolute Gasteiger partial charge is 0.404 e. The van der Waals surface area contributed by atoms with Gasteiger partial charge < -0.3 is 15.2 Å². The second kappa shape index (κ2) is 10.4. The van der Waals surface area contributed by atoms with Crippen LogP contribution < -0.4 is 5.73 Å². The van der Waals surface area contributed by atoms with Gasteiger partial charge in [-0.3, -0.25) is 0 Å². The molecule has 1 unspecified atom stereocenters. The van der Waals surface area contributed by atoms with E-state index in [1.54, 1.807) is 6.92 Å². The van der Waals surface area contributed by atoms with Crippen LogP contribution in [-0.4, -0.2) is 31.0 Å². The topological polar surface area (TPSA) is 108 Å². The largest absolute Gasteiger partial charge is 0.450 e. The van der Waals surface area contributed by atoms with Crippen LogP contribution in [0.3, 0.4) is 0 Å². The van der Waals surface area contributed by atoms with Gasteiger partial charge in [-0.15, -0.1) is 0 Å². The summed E-state index contributed by atoms with van der Waals surface area (Å²) in [6.45, 7) is 8.39. The molecule has 7 heteroatoms. The van der Waals surface area contributed by atoms with Crippen LogP contribution in [0.15, 0.2) is 17.1 Å². The van der Waals surface area contributed by atoms with Gasteiger partial charge in [0.15, 0.2) is 0 Å². The molecule has 0 aromatic rings. The number of carbonyl (C=O) groups is 2. The first kappa shape index (κ1) is 17.3. The molecule has 2 N–H and O–H groups in total. The zero-order valence-electron chi connectivity index (χ0n) is 10.1. The van der Waals surface area contributed by atoms with Gasteiger partial charge >= 0.3 is 12.1 Å². The van der Waals surface area contributed by atoms with Crippen LogP contribution in [0, 0.1) is 0 Å². The fraction of sp³-hybridized carbons (Fsp3) is 0.500. The Labute approximate surface area is 99.3 Å². The first-order valence-electron chi connectivity index (χ1n) is 4.70. The molecule has 0 rings (SSSR count). The van der Waals surface area contributed by atoms with Gasteiger partial charge in [-0.2, -0.15) is 4.99 Å². The fourth-order valence-electron chi connectivity index (χ4n) is 0.498. The summed E-state index contributed by atoms with van der Waals surface area (Å²) in [4.78, 5) is 33.1. The molecule has 7 nitrogen and oxygen atoms in total. The summed E-state index contributed by atoms with van der Waals surface area (Å²) >= 11 is 0. The van der Waals surface area contributed by atoms with Crippen LogP contribution in [0.25, 0.3) is 0 Å². The molecule has 0 aliphatic rings. The maximum absolute atomic E-state index is 10.7. The third-order valence-electron chi connectivity index (χ3n) is 1.15. The van der Waals surface area contributed by atoms with Crippen LogP contribution in [0.4, 0.5) is 4.79 Å². The minimum atomic E-state index is -0.781. The lowest BCUT2D eigenvalue weighted by Gasteiger charge is -2.05. The zero-order valence-corrected chi connectivity index (χ0v) is 10.1. The van der Waals surface area contributed by atoms with E-state index in [9.17, 15) is 14.4 Å². The number of aliphatic imine (C=N–C) groups is 1. The molecule has 0 bridgehead atoms. The second-order valence-corrected chi connectivity index (χ2v) is 2.76. The number of hydrogen-bond acceptors (Lipinski definition) is 6. The van der Waals surface area contributed by atoms with Crippen LogP contribution in [-0.2, 0) is 19.1 Å². The molecule has 96 valence electrons. The van der Waals surface area contributed by atoms with Crippen LogP contribution >= 0.6 is 0 Å². The number of hydrogen-bond donors (Lipinski definition) is 1. The maximum Gasteiger partial charge on any atom is 0.404 e. The minimum Gasteiger partial charge on any atom is -0.450 e. The SMILES string of the molecule is C=C(C)C(=O)OC(C)N=C=O.CCOC(N)=O. The van der Waals surface area contributed by atoms with Crippen molar-refractivity contribution in [3.8, 4) is 0 Å². The Bertz CT molecular complexity index is 321. The normalized spacial score (nSPS) is 9.82. The summed E-state index contributed by atoms with van der Waals surface area (Å²) in [6.07, 6.45) is -0.212. The predicted molar refractivity (Wildman–Crippen MR) is 59.7 cm³/mol. The van der Waals surface area contributed by atoms with Crippen LogP contribution in [0.2, 0.25) is 0 Å². The van der Waals surface area contributed by atoms with Crippen LogP contribution in [0.5, 0.6) is 0 Å². The number of esters is 1. The highest BCUT2D eigenvalue weighted by Crippen LogP contribution is 1.97. The first-order valence-corrected chi connectivity index (χ1v) is 4.70. The molecule has 0 aliphatic heterocycles. The van der Waals surface area contributed by atoms with E-state index in [4.69, 9.17) is 0 Å². The molecule has 0 spiro atoms. The van der Waals surface area contributed by atoms with Gasteiger partial charge in [-0.25, -0.2) is 14.4 Å². The summed E-state index contributed by atoms with van der Waals surface area (Å²) in [5.41, 5.74) is 4.82. The summed E-state index contributed by atoms with van der Waals surface area (Å²) in [6, 6.07) is 0. The summed E-state index contributed by atoms with van der Waals surface area (Å²) in [5, 5.41) is 0. The summed E-state index contributed by atoms with van der Waals surface area (Å²) < 4.78 is 8.77. The van der Waals surface area contributed by atoms with E-state index in [0.717, 1.165) is 0 Å². The van der Waals surface area contributed by atoms with Crippen LogP contribution in [0.1, 0.15) is 20.8 Å². The van der Waals surface area contributed by atoms with Gasteiger partial charge in [-0.1, -0.05) is 6.58 Å². The molecule has 0 saturated carbocycles. The van der Waals surface area contributed by atoms with Crippen molar-refractivity contribution in [2.75, 3.05) is 6.61 Å². The highest BCUT2D eigenvalue weighted by Gasteiger charge is 2.07. The van der Waals surface area contributed by atoms with Gasteiger partial charge in [0, 0.05) is 5.57 Å². The Hall–Kier alpha value is -2.14. The minimum absolute atomic E-state index is 0.276. The van der Waals surface area contributed by atoms with Gasteiger partial charge in [0.25, 0.3) is 0 Å². The number of ether oxygens (including phenoxy) is 2. The van der Waals surface area contributed by atoms with E-state index in [0.29, 0.717) is 6.61 Å². The quantitative estimate of drug-likeness (QED) is 0.342. The van der Waals surface area contributed by atoms with E-state index in [2.05, 4.69) is 26.8 Å². The molecule has 0 aromatic carbocycles. The number of nitrogens with zero attached hydrogens (tertiary/aromatic N) is 1. The third-order valence-corrected chi connectivity index (χ3v) is 1.15. The molecule has 1 amide bonds. The average Bonchev–Trinajstić information content (AvgIpc) is 2.18. The molecule has 0 saturated heterocycles. The first-order chi connectivity index (χ1) is 7.84. The lowest BCUT2D eigenvalue weighted by Crippen LogP contribution is -2.12. The predicted octanol–water partition coefficient (Wildman–Crippen LogP) is 0.889. The molecular weight excluding hydrogens is 228 g/mol. The Morgan fingerprint density at radius 1 is 1.53 bits per heavy atom. The van der Waals surface area contributed by atoms with Crippen molar-refractivity contribution in [1.82, 2.24) is 0 Å². The maximum atomic E-state index is 10.7. The summed E-state index contributed by atoms with van der Waals surface area (Å²) in [7, 11) is 0. The molecule has 0 radical (unpaired) electrons. The number of isocyanates is 1. The Balaban J connectivity index is 0. The molecule has 0 aliphatic carbocycles. The Morgan fingerprint density at radius 3 is 2.29 bits per heavy atom. The molecule has 0 fully saturated rings. The van der Waals surface area contributed by atoms with Gasteiger partial charge in [0.1, 0.15) is 0 Å². The second-order valence-electron chi connectivity index (χ2n) is 2.76. The highest BCUT2D eigenvalue weighted by atomic mass is 16.6. The van der Waals surface area contributed by atoms with E-state index in [1.165, 1.54) is 19.9 Å². The lowest BCUT2D eigenvalue weighted by molar-refractivity contribution is -0.142. The van der Waals surface area contributed by atoms with Gasteiger partial charge in [-0.05, 0) is 20.8 Å². The average molecular weight is 244 g/mol. The number of carbonyl (C=O) groups excluding carboxylic acids is 3. The van der Waals surface area contributed by atoms with E-state index < -0.39 is 18.3 Å². The highest BCUT2D eigenvalue weighted by molar-refractivity contribution is 5.87. The van der Waals surface area contributed by atoms with E-state index in [1.807, 2.05) is 0 Å². The van der Waals surface area contributed by atoms with Crippen molar-refractivity contribution in [2.24, 2.45) is 10.7 Å². The van der Waals surface area contributed by atoms with E-state index in [-0.39, 0.29) is 5.57 Å².